The molecule has 0 radical (unpaired) electrons. The number of benzene rings is 1. The fraction of sp³-hybridized carbons (Fsp3) is 0.364. The minimum absolute atomic E-state index is 0.258. The van der Waals surface area contributed by atoms with Crippen molar-refractivity contribution in [2.75, 3.05) is 13.1 Å². The second-order valence-corrected chi connectivity index (χ2v) is 7.37. The predicted octanol–water partition coefficient (Wildman–Crippen LogP) is 2.97. The molecular weight excluding hydrogens is 336 g/mol. The minimum Gasteiger partial charge on any atom is -0.341 e. The lowest BCUT2D eigenvalue weighted by Crippen LogP contribution is -2.35. The summed E-state index contributed by atoms with van der Waals surface area (Å²) < 4.78 is 2.12. The van der Waals surface area contributed by atoms with Crippen LogP contribution in [0.1, 0.15) is 29.7 Å². The lowest BCUT2D eigenvalue weighted by atomic mass is 10.1. The minimum atomic E-state index is 0.258. The van der Waals surface area contributed by atoms with Gasteiger partial charge in [-0.2, -0.15) is 0 Å². The van der Waals surface area contributed by atoms with Gasteiger partial charge in [-0.1, -0.05) is 30.3 Å². The number of hydrogen-bond acceptors (Lipinski definition) is 3. The zero-order chi connectivity index (χ0) is 18.6. The molecule has 1 atom stereocenters. The number of carbonyl (C=O) groups excluding carboxylic acids is 1. The number of aromatic nitrogens is 2. The van der Waals surface area contributed by atoms with Crippen LogP contribution in [0, 0.1) is 6.92 Å². The third-order valence-corrected chi connectivity index (χ3v) is 5.33. The quantitative estimate of drug-likeness (QED) is 0.733. The third kappa shape index (κ3) is 4.19. The summed E-state index contributed by atoms with van der Waals surface area (Å²) in [5.41, 5.74) is 4.57. The van der Waals surface area contributed by atoms with Gasteiger partial charge in [-0.3, -0.25) is 4.79 Å². The molecule has 1 unspecified atom stereocenters. The highest BCUT2D eigenvalue weighted by atomic mass is 16.2. The molecule has 5 heteroatoms. The topological polar surface area (TPSA) is 49.6 Å². The molecule has 1 aliphatic rings. The van der Waals surface area contributed by atoms with Crippen molar-refractivity contribution in [3.05, 3.63) is 71.7 Å². The average Bonchev–Trinajstić information content (AvgIpc) is 3.32. The lowest BCUT2D eigenvalue weighted by Gasteiger charge is -2.17. The summed E-state index contributed by atoms with van der Waals surface area (Å²) in [6.45, 7) is 4.48. The standard InChI is InChI=1S/C22H26N4O/c1-17-9-12-26-20(15-24-21(26)13-17)14-23-19-10-11-25(16-19)22(27)8-7-18-5-3-2-4-6-18/h2-6,9,12-13,15,19,23H,7-8,10-11,14,16H2,1H3. The molecule has 2 aromatic heterocycles. The molecule has 3 heterocycles. The zero-order valence-electron chi connectivity index (χ0n) is 15.8. The molecule has 1 saturated heterocycles. The van der Waals surface area contributed by atoms with Crippen LogP contribution in [-0.2, 0) is 17.8 Å². The Kier molecular flexibility index (Phi) is 5.21. The first-order chi connectivity index (χ1) is 13.2. The number of nitrogens with zero attached hydrogens (tertiary/aromatic N) is 3. The summed E-state index contributed by atoms with van der Waals surface area (Å²) in [4.78, 5) is 19.0. The van der Waals surface area contributed by atoms with Crippen molar-refractivity contribution in [1.29, 1.82) is 0 Å². The van der Waals surface area contributed by atoms with E-state index < -0.39 is 0 Å². The summed E-state index contributed by atoms with van der Waals surface area (Å²) in [5, 5.41) is 3.59. The third-order valence-electron chi connectivity index (χ3n) is 5.33. The van der Waals surface area contributed by atoms with Gasteiger partial charge in [-0.15, -0.1) is 0 Å². The molecular formula is C22H26N4O. The molecule has 140 valence electrons. The summed E-state index contributed by atoms with van der Waals surface area (Å²) in [5.74, 6) is 0.258. The number of nitrogens with one attached hydrogen (secondary N) is 1. The van der Waals surface area contributed by atoms with Crippen LogP contribution in [0.25, 0.3) is 5.65 Å². The Morgan fingerprint density at radius 1 is 1.26 bits per heavy atom. The second kappa shape index (κ2) is 7.92. The summed E-state index contributed by atoms with van der Waals surface area (Å²) in [6, 6.07) is 14.8. The van der Waals surface area contributed by atoms with Gasteiger partial charge in [0.25, 0.3) is 0 Å². The summed E-state index contributed by atoms with van der Waals surface area (Å²) in [6.07, 6.45) is 6.41. The molecule has 1 aliphatic heterocycles. The van der Waals surface area contributed by atoms with Gasteiger partial charge < -0.3 is 14.6 Å². The van der Waals surface area contributed by atoms with E-state index in [0.29, 0.717) is 12.5 Å². The Morgan fingerprint density at radius 2 is 2.11 bits per heavy atom. The van der Waals surface area contributed by atoms with Gasteiger partial charge in [0.15, 0.2) is 0 Å². The van der Waals surface area contributed by atoms with E-state index in [0.717, 1.165) is 43.8 Å². The maximum absolute atomic E-state index is 12.5. The number of likely N-dealkylation sites (tertiary alicyclic amines) is 1. The normalized spacial score (nSPS) is 16.9. The van der Waals surface area contributed by atoms with E-state index in [2.05, 4.69) is 52.1 Å². The van der Waals surface area contributed by atoms with Crippen LogP contribution < -0.4 is 5.32 Å². The fourth-order valence-corrected chi connectivity index (χ4v) is 3.72. The zero-order valence-corrected chi connectivity index (χ0v) is 15.8. The number of aryl methyl sites for hydroxylation is 2. The first kappa shape index (κ1) is 17.7. The molecule has 1 amide bonds. The Bertz CT molecular complexity index is 918. The Balaban J connectivity index is 1.27. The first-order valence-corrected chi connectivity index (χ1v) is 9.67. The van der Waals surface area contributed by atoms with Crippen LogP contribution in [-0.4, -0.2) is 39.3 Å². The van der Waals surface area contributed by atoms with Gasteiger partial charge in [0.2, 0.25) is 5.91 Å². The van der Waals surface area contributed by atoms with Gasteiger partial charge in [0, 0.05) is 38.3 Å². The molecule has 4 rings (SSSR count). The second-order valence-electron chi connectivity index (χ2n) is 7.37. The van der Waals surface area contributed by atoms with Crippen LogP contribution in [0.3, 0.4) is 0 Å². The molecule has 1 fully saturated rings. The number of hydrogen-bond donors (Lipinski definition) is 1. The number of imidazole rings is 1. The van der Waals surface area contributed by atoms with Gasteiger partial charge in [-0.25, -0.2) is 4.98 Å². The van der Waals surface area contributed by atoms with E-state index in [1.54, 1.807) is 0 Å². The van der Waals surface area contributed by atoms with Crippen molar-refractivity contribution < 1.29 is 4.79 Å². The van der Waals surface area contributed by atoms with E-state index in [1.165, 1.54) is 11.1 Å². The number of fused-ring (bicyclic) bond motifs is 1. The van der Waals surface area contributed by atoms with Gasteiger partial charge >= 0.3 is 0 Å². The van der Waals surface area contributed by atoms with Crippen molar-refractivity contribution in [3.63, 3.8) is 0 Å². The van der Waals surface area contributed by atoms with Crippen LogP contribution in [0.15, 0.2) is 54.9 Å². The molecule has 0 saturated carbocycles. The smallest absolute Gasteiger partial charge is 0.222 e. The van der Waals surface area contributed by atoms with E-state index in [9.17, 15) is 4.79 Å². The average molecular weight is 362 g/mol. The number of carbonyl (C=O) groups is 1. The van der Waals surface area contributed by atoms with Crippen LogP contribution in [0.4, 0.5) is 0 Å². The highest BCUT2D eigenvalue weighted by molar-refractivity contribution is 5.76. The Labute approximate surface area is 160 Å². The number of rotatable bonds is 6. The SMILES string of the molecule is Cc1ccn2c(CNC3CCN(C(=O)CCc4ccccc4)C3)cnc2c1. The van der Waals surface area contributed by atoms with E-state index in [1.807, 2.05) is 29.3 Å². The summed E-state index contributed by atoms with van der Waals surface area (Å²) in [7, 11) is 0. The van der Waals surface area contributed by atoms with Crippen molar-refractivity contribution in [1.82, 2.24) is 19.6 Å². The fourth-order valence-electron chi connectivity index (χ4n) is 3.72. The van der Waals surface area contributed by atoms with Crippen LogP contribution in [0.2, 0.25) is 0 Å². The maximum Gasteiger partial charge on any atom is 0.222 e. The molecule has 27 heavy (non-hydrogen) atoms. The molecule has 0 spiro atoms. The number of pyridine rings is 1. The molecule has 1 N–H and O–H groups in total. The largest absolute Gasteiger partial charge is 0.341 e. The maximum atomic E-state index is 12.5. The monoisotopic (exact) mass is 362 g/mol. The molecule has 5 nitrogen and oxygen atoms in total. The molecule has 0 bridgehead atoms. The van der Waals surface area contributed by atoms with Crippen LogP contribution in [0.5, 0.6) is 0 Å². The van der Waals surface area contributed by atoms with Gasteiger partial charge in [-0.05, 0) is 43.0 Å². The Hall–Kier alpha value is -2.66. The summed E-state index contributed by atoms with van der Waals surface area (Å²) >= 11 is 0. The van der Waals surface area contributed by atoms with Crippen molar-refractivity contribution >= 4 is 11.6 Å². The molecule has 3 aromatic rings. The van der Waals surface area contributed by atoms with Gasteiger partial charge in [0.1, 0.15) is 5.65 Å². The van der Waals surface area contributed by atoms with Crippen molar-refractivity contribution in [3.8, 4) is 0 Å². The number of amides is 1. The predicted molar refractivity (Wildman–Crippen MR) is 107 cm³/mol. The van der Waals surface area contributed by atoms with Gasteiger partial charge in [0.05, 0.1) is 11.9 Å². The molecule has 0 aliphatic carbocycles. The highest BCUT2D eigenvalue weighted by Crippen LogP contribution is 2.14. The Morgan fingerprint density at radius 3 is 2.96 bits per heavy atom. The first-order valence-electron chi connectivity index (χ1n) is 9.67. The van der Waals surface area contributed by atoms with E-state index >= 15 is 0 Å². The van der Waals surface area contributed by atoms with E-state index in [-0.39, 0.29) is 5.91 Å². The van der Waals surface area contributed by atoms with E-state index in [4.69, 9.17) is 0 Å². The lowest BCUT2D eigenvalue weighted by molar-refractivity contribution is -0.130. The van der Waals surface area contributed by atoms with Crippen molar-refractivity contribution in [2.24, 2.45) is 0 Å². The van der Waals surface area contributed by atoms with Crippen LogP contribution >= 0.6 is 0 Å². The highest BCUT2D eigenvalue weighted by Gasteiger charge is 2.25. The van der Waals surface area contributed by atoms with Crippen molar-refractivity contribution in [2.45, 2.75) is 38.8 Å². The molecule has 1 aromatic carbocycles.